The molecule has 0 fully saturated rings. The molecule has 118 valence electrons. The number of imidazole rings is 1. The summed E-state index contributed by atoms with van der Waals surface area (Å²) in [4.78, 5) is 20.4. The summed E-state index contributed by atoms with van der Waals surface area (Å²) in [5.41, 5.74) is 2.36. The smallest absolute Gasteiger partial charge is 0.226 e. The van der Waals surface area contributed by atoms with Crippen LogP contribution < -0.4 is 5.32 Å². The number of nitrogens with one attached hydrogen (secondary N) is 1. The van der Waals surface area contributed by atoms with Crippen LogP contribution in [0.2, 0.25) is 0 Å². The number of anilines is 1. The highest BCUT2D eigenvalue weighted by atomic mass is 16.1. The number of aryl methyl sites for hydroxylation is 3. The van der Waals surface area contributed by atoms with Crippen LogP contribution in [-0.4, -0.2) is 30.2 Å². The number of hydrogen-bond acceptors (Lipinski definition) is 4. The van der Waals surface area contributed by atoms with Crippen molar-refractivity contribution >= 4 is 11.6 Å². The lowest BCUT2D eigenvalue weighted by Gasteiger charge is -2.07. The first-order chi connectivity index (χ1) is 11.1. The van der Waals surface area contributed by atoms with Gasteiger partial charge in [0.15, 0.2) is 0 Å². The lowest BCUT2D eigenvalue weighted by molar-refractivity contribution is -0.116. The number of carbonyl (C=O) groups excluding carboxylic acids is 1. The van der Waals surface area contributed by atoms with E-state index in [9.17, 15) is 4.79 Å². The van der Waals surface area contributed by atoms with Crippen molar-refractivity contribution in [1.82, 2.24) is 24.3 Å². The second-order valence-electron chi connectivity index (χ2n) is 5.27. The van der Waals surface area contributed by atoms with Crippen molar-refractivity contribution in [3.63, 3.8) is 0 Å². The zero-order chi connectivity index (χ0) is 16.2. The quantitative estimate of drug-likeness (QED) is 0.782. The first-order valence-electron chi connectivity index (χ1n) is 7.35. The van der Waals surface area contributed by atoms with E-state index in [0.29, 0.717) is 18.7 Å². The second kappa shape index (κ2) is 6.43. The van der Waals surface area contributed by atoms with Crippen LogP contribution in [-0.2, 0) is 18.4 Å². The predicted molar refractivity (Wildman–Crippen MR) is 86.6 cm³/mol. The summed E-state index contributed by atoms with van der Waals surface area (Å²) in [6.45, 7) is 2.52. The Labute approximate surface area is 134 Å². The monoisotopic (exact) mass is 310 g/mol. The van der Waals surface area contributed by atoms with E-state index in [2.05, 4.69) is 20.4 Å². The minimum Gasteiger partial charge on any atom is -0.335 e. The summed E-state index contributed by atoms with van der Waals surface area (Å²) >= 11 is 0. The maximum absolute atomic E-state index is 12.2. The molecule has 0 spiro atoms. The Morgan fingerprint density at radius 1 is 1.26 bits per heavy atom. The number of carbonyl (C=O) groups is 1. The second-order valence-corrected chi connectivity index (χ2v) is 5.27. The topological polar surface area (TPSA) is 77.6 Å². The Morgan fingerprint density at radius 3 is 2.74 bits per heavy atom. The molecule has 7 nitrogen and oxygen atoms in total. The highest BCUT2D eigenvalue weighted by molar-refractivity contribution is 5.94. The first-order valence-corrected chi connectivity index (χ1v) is 7.35. The van der Waals surface area contributed by atoms with Gasteiger partial charge in [-0.05, 0) is 19.1 Å². The molecular weight excluding hydrogens is 292 g/mol. The summed E-state index contributed by atoms with van der Waals surface area (Å²) in [5.74, 6) is 0.845. The zero-order valence-corrected chi connectivity index (χ0v) is 13.1. The summed E-state index contributed by atoms with van der Waals surface area (Å²) < 4.78 is 3.64. The average Bonchev–Trinajstić information content (AvgIpc) is 3.12. The molecule has 3 heterocycles. The molecule has 3 rings (SSSR count). The molecule has 0 bridgehead atoms. The lowest BCUT2D eigenvalue weighted by atomic mass is 10.2. The number of pyridine rings is 1. The van der Waals surface area contributed by atoms with Gasteiger partial charge in [0, 0.05) is 56.6 Å². The third kappa shape index (κ3) is 3.45. The average molecular weight is 310 g/mol. The Bertz CT molecular complexity index is 805. The fraction of sp³-hybridized carbons (Fsp3) is 0.250. The van der Waals surface area contributed by atoms with Crippen molar-refractivity contribution in [3.05, 3.63) is 48.9 Å². The van der Waals surface area contributed by atoms with E-state index in [4.69, 9.17) is 0 Å². The molecule has 0 aliphatic heterocycles. The van der Waals surface area contributed by atoms with E-state index < -0.39 is 0 Å². The Balaban J connectivity index is 1.70. The summed E-state index contributed by atoms with van der Waals surface area (Å²) in [6.07, 6.45) is 9.19. The van der Waals surface area contributed by atoms with Crippen LogP contribution in [0.5, 0.6) is 0 Å². The van der Waals surface area contributed by atoms with Gasteiger partial charge >= 0.3 is 0 Å². The number of rotatable bonds is 5. The molecule has 0 atom stereocenters. The van der Waals surface area contributed by atoms with Gasteiger partial charge in [0.1, 0.15) is 11.5 Å². The highest BCUT2D eigenvalue weighted by Gasteiger charge is 2.13. The molecule has 3 aromatic rings. The Hall–Kier alpha value is -2.96. The molecule has 0 radical (unpaired) electrons. The lowest BCUT2D eigenvalue weighted by Crippen LogP contribution is -2.15. The molecule has 23 heavy (non-hydrogen) atoms. The van der Waals surface area contributed by atoms with Gasteiger partial charge in [-0.25, -0.2) is 4.98 Å². The Morgan fingerprint density at radius 2 is 2.04 bits per heavy atom. The van der Waals surface area contributed by atoms with Crippen LogP contribution in [0.1, 0.15) is 12.2 Å². The van der Waals surface area contributed by atoms with Gasteiger partial charge in [0.2, 0.25) is 5.91 Å². The molecular formula is C16H18N6O. The Kier molecular flexibility index (Phi) is 4.18. The summed E-state index contributed by atoms with van der Waals surface area (Å²) in [5, 5.41) is 7.35. The van der Waals surface area contributed by atoms with Crippen molar-refractivity contribution in [2.75, 3.05) is 5.32 Å². The van der Waals surface area contributed by atoms with Gasteiger partial charge in [-0.3, -0.25) is 14.5 Å². The largest absolute Gasteiger partial charge is 0.335 e. The third-order valence-electron chi connectivity index (χ3n) is 3.56. The number of nitrogens with zero attached hydrogens (tertiary/aromatic N) is 5. The van der Waals surface area contributed by atoms with Crippen molar-refractivity contribution in [1.29, 1.82) is 0 Å². The molecule has 0 aliphatic carbocycles. The van der Waals surface area contributed by atoms with Crippen LogP contribution in [0.3, 0.4) is 0 Å². The molecule has 0 saturated carbocycles. The van der Waals surface area contributed by atoms with Gasteiger partial charge in [0.25, 0.3) is 0 Å². The van der Waals surface area contributed by atoms with Crippen LogP contribution in [0.25, 0.3) is 11.3 Å². The highest BCUT2D eigenvalue weighted by Crippen LogP contribution is 2.25. The minimum absolute atomic E-state index is 0.0543. The van der Waals surface area contributed by atoms with Gasteiger partial charge < -0.3 is 9.88 Å². The summed E-state index contributed by atoms with van der Waals surface area (Å²) in [6, 6.07) is 3.74. The summed E-state index contributed by atoms with van der Waals surface area (Å²) in [7, 11) is 1.83. The van der Waals surface area contributed by atoms with E-state index in [-0.39, 0.29) is 5.91 Å². The van der Waals surface area contributed by atoms with Crippen molar-refractivity contribution in [3.8, 4) is 11.3 Å². The fourth-order valence-electron chi connectivity index (χ4n) is 2.38. The molecule has 1 N–H and O–H groups in total. The molecule has 0 unspecified atom stereocenters. The molecule has 0 saturated heterocycles. The van der Waals surface area contributed by atoms with Gasteiger partial charge in [-0.2, -0.15) is 5.10 Å². The van der Waals surface area contributed by atoms with E-state index in [1.807, 2.05) is 36.9 Å². The van der Waals surface area contributed by atoms with Crippen molar-refractivity contribution in [2.45, 2.75) is 19.9 Å². The van der Waals surface area contributed by atoms with Crippen LogP contribution >= 0.6 is 0 Å². The third-order valence-corrected chi connectivity index (χ3v) is 3.56. The maximum Gasteiger partial charge on any atom is 0.226 e. The van der Waals surface area contributed by atoms with Crippen LogP contribution in [0.4, 0.5) is 5.69 Å². The molecule has 1 amide bonds. The first kappa shape index (κ1) is 15.0. The number of hydrogen-bond donors (Lipinski definition) is 1. The zero-order valence-electron chi connectivity index (χ0n) is 13.1. The van der Waals surface area contributed by atoms with E-state index in [0.717, 1.165) is 17.1 Å². The van der Waals surface area contributed by atoms with E-state index in [1.165, 1.54) is 0 Å². The number of amides is 1. The van der Waals surface area contributed by atoms with E-state index >= 15 is 0 Å². The standard InChI is InChI=1S/C16H18N6O/c1-12-18-8-10-22(12)9-5-15(23)19-14-11-21(2)20-16(14)13-3-6-17-7-4-13/h3-4,6-8,10-11H,5,9H2,1-2H3,(H,19,23). The minimum atomic E-state index is -0.0543. The molecule has 0 aliphatic rings. The molecule has 0 aromatic carbocycles. The molecule has 7 heteroatoms. The number of aromatic nitrogens is 5. The van der Waals surface area contributed by atoms with Gasteiger partial charge in [-0.15, -0.1) is 0 Å². The van der Waals surface area contributed by atoms with Gasteiger partial charge in [-0.1, -0.05) is 0 Å². The molecule has 3 aromatic heterocycles. The predicted octanol–water partition coefficient (Wildman–Crippen LogP) is 2.02. The fourth-order valence-corrected chi connectivity index (χ4v) is 2.38. The van der Waals surface area contributed by atoms with Crippen LogP contribution in [0.15, 0.2) is 43.1 Å². The maximum atomic E-state index is 12.2. The normalized spacial score (nSPS) is 10.7. The van der Waals surface area contributed by atoms with Crippen molar-refractivity contribution < 1.29 is 4.79 Å². The van der Waals surface area contributed by atoms with Crippen LogP contribution in [0, 0.1) is 6.92 Å². The van der Waals surface area contributed by atoms with E-state index in [1.54, 1.807) is 29.5 Å². The van der Waals surface area contributed by atoms with Crippen molar-refractivity contribution in [2.24, 2.45) is 7.05 Å². The SMILES string of the molecule is Cc1nccn1CCC(=O)Nc1cn(C)nc1-c1ccncc1. The van der Waals surface area contributed by atoms with Gasteiger partial charge in [0.05, 0.1) is 5.69 Å².